The fraction of sp³-hybridized carbons (Fsp3) is 0.619. The van der Waals surface area contributed by atoms with E-state index in [9.17, 15) is 0 Å². The van der Waals surface area contributed by atoms with Crippen molar-refractivity contribution in [3.05, 3.63) is 28.0 Å². The van der Waals surface area contributed by atoms with Crippen LogP contribution in [0.1, 0.15) is 50.3 Å². The van der Waals surface area contributed by atoms with E-state index < -0.39 is 11.9 Å². The normalized spacial score (nSPS) is 16.1. The van der Waals surface area contributed by atoms with Crippen molar-refractivity contribution >= 4 is 28.8 Å². The predicted octanol–water partition coefficient (Wildman–Crippen LogP) is 0.591. The molecule has 29 heavy (non-hydrogen) atoms. The van der Waals surface area contributed by atoms with Crippen molar-refractivity contribution in [3.8, 4) is 0 Å². The summed E-state index contributed by atoms with van der Waals surface area (Å²) >= 11 is 1.86. The second kappa shape index (κ2) is 15.1. The molecule has 1 aliphatic rings. The molecule has 2 heterocycles. The number of thiophene rings is 1. The molecule has 0 radical (unpaired) electrons. The Balaban J connectivity index is 0.000000612. The van der Waals surface area contributed by atoms with Gasteiger partial charge in [0.05, 0.1) is 19.7 Å². The quantitative estimate of drug-likeness (QED) is 0.372. The number of carbonyl (C=O) groups excluding carboxylic acids is 1. The first-order valence-electron chi connectivity index (χ1n) is 10.2. The number of hydrogen-bond donors (Lipinski definition) is 3. The van der Waals surface area contributed by atoms with Crippen LogP contribution in [0.5, 0.6) is 0 Å². The standard InChI is InChI=1S/C19H31NO2S.C2H2O4/c1-2-3-14-22-15-4-6-18(19-7-5-16-23-19)17-8-10-20(11-9-17)12-13-21;3-1(4)2(5)6/h5,7,16,21H,2-4,6,8-15H2,1H3;(H,3,4)(H,5,6). The van der Waals surface area contributed by atoms with Crippen LogP contribution < -0.4 is 10.0 Å². The summed E-state index contributed by atoms with van der Waals surface area (Å²) in [7, 11) is 0. The van der Waals surface area contributed by atoms with Gasteiger partial charge in [0.25, 0.3) is 0 Å². The van der Waals surface area contributed by atoms with Gasteiger partial charge in [-0.15, -0.1) is 11.3 Å². The van der Waals surface area contributed by atoms with E-state index in [4.69, 9.17) is 29.6 Å². The molecule has 164 valence electrons. The second-order valence-corrected chi connectivity index (χ2v) is 7.89. The fourth-order valence-corrected chi connectivity index (χ4v) is 4.09. The van der Waals surface area contributed by atoms with Crippen molar-refractivity contribution in [2.75, 3.05) is 39.5 Å². The molecule has 1 saturated heterocycles. The van der Waals surface area contributed by atoms with Crippen molar-refractivity contribution in [1.82, 2.24) is 0 Å². The number of rotatable bonds is 10. The van der Waals surface area contributed by atoms with Gasteiger partial charge in [0, 0.05) is 30.9 Å². The Morgan fingerprint density at radius 1 is 1.24 bits per heavy atom. The molecule has 1 aromatic rings. The lowest BCUT2D eigenvalue weighted by molar-refractivity contribution is -0.903. The number of unbranched alkanes of at least 4 members (excludes halogenated alkanes) is 1. The third-order valence-corrected chi connectivity index (χ3v) is 5.73. The highest BCUT2D eigenvalue weighted by atomic mass is 32.1. The molecule has 0 aromatic carbocycles. The van der Waals surface area contributed by atoms with Crippen molar-refractivity contribution in [1.29, 1.82) is 0 Å². The monoisotopic (exact) mass is 427 g/mol. The van der Waals surface area contributed by atoms with Gasteiger partial charge in [-0.1, -0.05) is 25.0 Å². The summed E-state index contributed by atoms with van der Waals surface area (Å²) in [6.07, 6.45) is 6.99. The first-order chi connectivity index (χ1) is 14.0. The maximum absolute atomic E-state index is 9.10. The zero-order valence-electron chi connectivity index (χ0n) is 17.2. The Hall–Kier alpha value is -1.74. The van der Waals surface area contributed by atoms with Gasteiger partial charge in [0.2, 0.25) is 0 Å². The van der Waals surface area contributed by atoms with Crippen LogP contribution in [0.25, 0.3) is 5.57 Å². The minimum absolute atomic E-state index is 0.307. The van der Waals surface area contributed by atoms with Crippen LogP contribution in [-0.4, -0.2) is 61.6 Å². The summed E-state index contributed by atoms with van der Waals surface area (Å²) in [6.45, 7) is 7.52. The van der Waals surface area contributed by atoms with Gasteiger partial charge in [-0.2, -0.15) is 0 Å². The fourth-order valence-electron chi connectivity index (χ4n) is 3.24. The van der Waals surface area contributed by atoms with Crippen molar-refractivity contribution in [2.45, 2.75) is 45.4 Å². The molecular weight excluding hydrogens is 394 g/mol. The number of aliphatic carboxylic acids is 2. The van der Waals surface area contributed by atoms with E-state index >= 15 is 0 Å². The number of hydrogen-bond acceptors (Lipinski definition) is 6. The second-order valence-electron chi connectivity index (χ2n) is 6.95. The van der Waals surface area contributed by atoms with Gasteiger partial charge in [0.1, 0.15) is 6.54 Å². The average molecular weight is 428 g/mol. The van der Waals surface area contributed by atoms with Crippen molar-refractivity contribution in [3.63, 3.8) is 0 Å². The van der Waals surface area contributed by atoms with Crippen LogP contribution in [0.4, 0.5) is 0 Å². The molecule has 2 rings (SSSR count). The number of carboxylic acids is 2. The highest BCUT2D eigenvalue weighted by Gasteiger charge is 2.20. The van der Waals surface area contributed by atoms with Crippen LogP contribution in [0, 0.1) is 0 Å². The molecule has 0 unspecified atom stereocenters. The number of ether oxygens (including phenoxy) is 1. The van der Waals surface area contributed by atoms with E-state index in [0.29, 0.717) is 6.61 Å². The molecule has 1 fully saturated rings. The van der Waals surface area contributed by atoms with Crippen LogP contribution >= 0.6 is 11.3 Å². The van der Waals surface area contributed by atoms with E-state index in [0.717, 1.165) is 45.7 Å². The minimum Gasteiger partial charge on any atom is -0.539 e. The Bertz CT molecular complexity index is 607. The molecule has 0 aliphatic carbocycles. The molecule has 0 bridgehead atoms. The van der Waals surface area contributed by atoms with E-state index in [2.05, 4.69) is 24.4 Å². The lowest BCUT2D eigenvalue weighted by Gasteiger charge is -2.26. The number of aliphatic hydroxyl groups excluding tert-OH is 1. The summed E-state index contributed by atoms with van der Waals surface area (Å²) in [6, 6.07) is 4.42. The van der Waals surface area contributed by atoms with Crippen molar-refractivity contribution in [2.24, 2.45) is 0 Å². The van der Waals surface area contributed by atoms with Gasteiger partial charge in [-0.05, 0) is 36.3 Å². The number of allylic oxidation sites excluding steroid dienone is 1. The summed E-state index contributed by atoms with van der Waals surface area (Å²) in [4.78, 5) is 21.0. The van der Waals surface area contributed by atoms with Gasteiger partial charge in [0.15, 0.2) is 5.97 Å². The van der Waals surface area contributed by atoms with Crippen LogP contribution in [0.3, 0.4) is 0 Å². The molecule has 0 atom stereocenters. The first-order valence-corrected chi connectivity index (χ1v) is 11.1. The molecular formula is C21H33NO6S. The minimum atomic E-state index is -2.07. The van der Waals surface area contributed by atoms with E-state index in [1.165, 1.54) is 30.6 Å². The lowest BCUT2D eigenvalue weighted by atomic mass is 9.94. The van der Waals surface area contributed by atoms with Gasteiger partial charge < -0.3 is 29.8 Å². The number of piperidine rings is 1. The largest absolute Gasteiger partial charge is 0.539 e. The van der Waals surface area contributed by atoms with E-state index in [-0.39, 0.29) is 0 Å². The zero-order valence-corrected chi connectivity index (χ0v) is 18.0. The number of likely N-dealkylation sites (tertiary alicyclic amines) is 1. The highest BCUT2D eigenvalue weighted by molar-refractivity contribution is 7.11. The number of quaternary nitrogens is 1. The van der Waals surface area contributed by atoms with Gasteiger partial charge in [-0.3, -0.25) is 0 Å². The topological polar surface area (TPSA) is 111 Å². The summed E-state index contributed by atoms with van der Waals surface area (Å²) < 4.78 is 5.73. The molecule has 1 aliphatic heterocycles. The average Bonchev–Trinajstić information content (AvgIpc) is 3.23. The third-order valence-electron chi connectivity index (χ3n) is 4.80. The number of carboxylic acid groups (broad SMARTS) is 2. The Kier molecular flexibility index (Phi) is 13.2. The Morgan fingerprint density at radius 3 is 2.41 bits per heavy atom. The van der Waals surface area contributed by atoms with E-state index in [1.54, 1.807) is 16.0 Å². The maximum Gasteiger partial charge on any atom is 0.351 e. The number of aliphatic hydroxyl groups is 1. The molecule has 8 heteroatoms. The number of nitrogens with one attached hydrogen (secondary N) is 1. The molecule has 0 saturated carbocycles. The first kappa shape index (κ1) is 25.3. The molecule has 1 aromatic heterocycles. The third kappa shape index (κ3) is 10.6. The van der Waals surface area contributed by atoms with Crippen LogP contribution in [0.15, 0.2) is 23.1 Å². The summed E-state index contributed by atoms with van der Waals surface area (Å²) in [5.41, 5.74) is 3.21. The molecule has 7 nitrogen and oxygen atoms in total. The van der Waals surface area contributed by atoms with Crippen molar-refractivity contribution < 1.29 is 34.5 Å². The van der Waals surface area contributed by atoms with Crippen LogP contribution in [-0.2, 0) is 14.3 Å². The summed E-state index contributed by atoms with van der Waals surface area (Å²) in [5, 5.41) is 27.6. The van der Waals surface area contributed by atoms with Gasteiger partial charge in [-0.25, -0.2) is 4.79 Å². The number of carbonyl (C=O) groups is 2. The molecule has 0 spiro atoms. The zero-order chi connectivity index (χ0) is 21.5. The smallest absolute Gasteiger partial charge is 0.351 e. The molecule has 0 amide bonds. The lowest BCUT2D eigenvalue weighted by Crippen LogP contribution is -3.13. The SMILES string of the molecule is CCCCOCCCC(=C1CC[NH+](CCO)CC1)c1cccs1.O=C([O-])C(=O)O. The van der Waals surface area contributed by atoms with E-state index in [1.807, 2.05) is 11.3 Å². The summed E-state index contributed by atoms with van der Waals surface area (Å²) in [5.74, 6) is -4.01. The van der Waals surface area contributed by atoms with Gasteiger partial charge >= 0.3 is 5.97 Å². The Morgan fingerprint density at radius 2 is 1.90 bits per heavy atom. The Labute approximate surface area is 176 Å². The molecule has 3 N–H and O–H groups in total. The predicted molar refractivity (Wildman–Crippen MR) is 111 cm³/mol. The maximum atomic E-state index is 9.10. The van der Waals surface area contributed by atoms with Crippen LogP contribution in [0.2, 0.25) is 0 Å². The highest BCUT2D eigenvalue weighted by Crippen LogP contribution is 2.31.